The van der Waals surface area contributed by atoms with Gasteiger partial charge in [0, 0.05) is 21.3 Å². The van der Waals surface area contributed by atoms with Gasteiger partial charge >= 0.3 is 0 Å². The van der Waals surface area contributed by atoms with Crippen LogP contribution in [0.4, 0.5) is 0 Å². The minimum atomic E-state index is 0.783. The molecule has 2 aromatic rings. The summed E-state index contributed by atoms with van der Waals surface area (Å²) in [5.74, 6) is 0.924. The summed E-state index contributed by atoms with van der Waals surface area (Å²) in [6.45, 7) is 6.37. The predicted octanol–water partition coefficient (Wildman–Crippen LogP) is 5.15. The second-order valence-corrected chi connectivity index (χ2v) is 7.40. The van der Waals surface area contributed by atoms with Crippen molar-refractivity contribution in [1.29, 1.82) is 0 Å². The van der Waals surface area contributed by atoms with E-state index in [0.29, 0.717) is 0 Å². The minimum Gasteiger partial charge on any atom is -0.312 e. The van der Waals surface area contributed by atoms with E-state index >= 15 is 0 Å². The van der Waals surface area contributed by atoms with Crippen LogP contribution in [-0.2, 0) is 18.7 Å². The predicted molar refractivity (Wildman–Crippen MR) is 94.5 cm³/mol. The lowest BCUT2D eigenvalue weighted by molar-refractivity contribution is 0.676. The fourth-order valence-electron chi connectivity index (χ4n) is 1.97. The van der Waals surface area contributed by atoms with Gasteiger partial charge in [-0.1, -0.05) is 25.4 Å². The first-order valence-corrected chi connectivity index (χ1v) is 9.47. The van der Waals surface area contributed by atoms with E-state index in [9.17, 15) is 0 Å². The molecular weight excluding hydrogens is 320 g/mol. The molecule has 0 amide bonds. The highest BCUT2D eigenvalue weighted by Gasteiger charge is 2.09. The molecule has 0 saturated heterocycles. The molecule has 0 unspecified atom stereocenters. The maximum Gasteiger partial charge on any atom is 0.103 e. The van der Waals surface area contributed by atoms with Gasteiger partial charge in [0.25, 0.3) is 0 Å². The Morgan fingerprint density at radius 3 is 2.67 bits per heavy atom. The number of benzene rings is 1. The van der Waals surface area contributed by atoms with Gasteiger partial charge in [-0.15, -0.1) is 23.1 Å². The van der Waals surface area contributed by atoms with Gasteiger partial charge in [-0.25, -0.2) is 4.98 Å². The fraction of sp³-hybridized carbons (Fsp3) is 0.438. The summed E-state index contributed by atoms with van der Waals surface area (Å²) in [7, 11) is 0. The van der Waals surface area contributed by atoms with Gasteiger partial charge < -0.3 is 5.32 Å². The van der Waals surface area contributed by atoms with Crippen LogP contribution >= 0.6 is 34.7 Å². The number of hydrogen-bond donors (Lipinski definition) is 1. The lowest BCUT2D eigenvalue weighted by atomic mass is 10.3. The molecule has 114 valence electrons. The molecular formula is C16H21ClN2S2. The number of hydrogen-bond acceptors (Lipinski definition) is 4. The number of thiazole rings is 1. The van der Waals surface area contributed by atoms with Crippen molar-refractivity contribution in [3.05, 3.63) is 44.9 Å². The van der Waals surface area contributed by atoms with Gasteiger partial charge in [-0.05, 0) is 43.7 Å². The van der Waals surface area contributed by atoms with Crippen LogP contribution in [0, 0.1) is 0 Å². The Kier molecular flexibility index (Phi) is 7.04. The summed E-state index contributed by atoms with van der Waals surface area (Å²) in [6, 6.07) is 7.99. The van der Waals surface area contributed by atoms with Crippen molar-refractivity contribution in [2.45, 2.75) is 43.9 Å². The molecule has 2 rings (SSSR count). The van der Waals surface area contributed by atoms with Crippen LogP contribution in [-0.4, -0.2) is 11.5 Å². The zero-order valence-corrected chi connectivity index (χ0v) is 14.9. The van der Waals surface area contributed by atoms with Gasteiger partial charge in [0.15, 0.2) is 0 Å². The van der Waals surface area contributed by atoms with E-state index in [4.69, 9.17) is 16.6 Å². The number of nitrogens with one attached hydrogen (secondary N) is 1. The Bertz CT molecular complexity index is 552. The summed E-state index contributed by atoms with van der Waals surface area (Å²) < 4.78 is 0. The topological polar surface area (TPSA) is 24.9 Å². The number of nitrogens with zero attached hydrogens (tertiary/aromatic N) is 1. The molecule has 0 fully saturated rings. The molecule has 0 saturated carbocycles. The standard InChI is InChI=1S/C16H21ClN2S2/c1-3-9-18-10-15-14(4-2)19-16(21-15)11-20-13-7-5-12(17)6-8-13/h5-8,18H,3-4,9-11H2,1-2H3. The number of rotatable bonds is 8. The molecule has 0 bridgehead atoms. The first-order chi connectivity index (χ1) is 10.2. The number of aromatic nitrogens is 1. The third-order valence-electron chi connectivity index (χ3n) is 3.05. The summed E-state index contributed by atoms with van der Waals surface area (Å²) in [4.78, 5) is 7.39. The van der Waals surface area contributed by atoms with E-state index in [1.165, 1.54) is 26.9 Å². The van der Waals surface area contributed by atoms with Crippen LogP contribution in [0.2, 0.25) is 5.02 Å². The average molecular weight is 341 g/mol. The van der Waals surface area contributed by atoms with Crippen molar-refractivity contribution < 1.29 is 0 Å². The van der Waals surface area contributed by atoms with Crippen molar-refractivity contribution in [2.24, 2.45) is 0 Å². The van der Waals surface area contributed by atoms with Crippen molar-refractivity contribution in [3.8, 4) is 0 Å². The Balaban J connectivity index is 1.95. The van der Waals surface area contributed by atoms with E-state index < -0.39 is 0 Å². The molecule has 0 aliphatic carbocycles. The van der Waals surface area contributed by atoms with Crippen molar-refractivity contribution in [1.82, 2.24) is 10.3 Å². The van der Waals surface area contributed by atoms with E-state index in [0.717, 1.165) is 30.3 Å². The first kappa shape index (κ1) is 16.8. The third-order valence-corrected chi connectivity index (χ3v) is 5.60. The van der Waals surface area contributed by atoms with E-state index in [1.54, 1.807) is 0 Å². The largest absolute Gasteiger partial charge is 0.312 e. The molecule has 21 heavy (non-hydrogen) atoms. The van der Waals surface area contributed by atoms with Gasteiger partial charge in [-0.2, -0.15) is 0 Å². The molecule has 0 atom stereocenters. The Morgan fingerprint density at radius 2 is 2.00 bits per heavy atom. The molecule has 1 aromatic carbocycles. The first-order valence-electron chi connectivity index (χ1n) is 7.29. The van der Waals surface area contributed by atoms with E-state index in [-0.39, 0.29) is 0 Å². The zero-order valence-electron chi connectivity index (χ0n) is 12.5. The van der Waals surface area contributed by atoms with Gasteiger partial charge in [0.2, 0.25) is 0 Å². The van der Waals surface area contributed by atoms with E-state index in [2.05, 4.69) is 31.3 Å². The Labute approximate surface area is 140 Å². The van der Waals surface area contributed by atoms with E-state index in [1.807, 2.05) is 35.2 Å². The second-order valence-electron chi connectivity index (χ2n) is 4.75. The van der Waals surface area contributed by atoms with Crippen LogP contribution < -0.4 is 5.32 Å². The molecule has 1 heterocycles. The lowest BCUT2D eigenvalue weighted by Crippen LogP contribution is -2.13. The summed E-state index contributed by atoms with van der Waals surface area (Å²) in [5.41, 5.74) is 1.25. The quantitative estimate of drug-likeness (QED) is 0.531. The molecule has 0 aliphatic rings. The molecule has 0 aliphatic heterocycles. The molecule has 0 radical (unpaired) electrons. The molecule has 2 nitrogen and oxygen atoms in total. The summed E-state index contributed by atoms with van der Waals surface area (Å²) >= 11 is 9.55. The van der Waals surface area contributed by atoms with Crippen molar-refractivity contribution in [3.63, 3.8) is 0 Å². The highest BCUT2D eigenvalue weighted by atomic mass is 35.5. The summed E-state index contributed by atoms with van der Waals surface area (Å²) in [5, 5.41) is 5.46. The maximum atomic E-state index is 5.91. The van der Waals surface area contributed by atoms with Crippen LogP contribution in [0.1, 0.15) is 35.8 Å². The molecule has 1 N–H and O–H groups in total. The normalized spacial score (nSPS) is 11.0. The van der Waals surface area contributed by atoms with Gasteiger partial charge in [0.1, 0.15) is 5.01 Å². The van der Waals surface area contributed by atoms with Gasteiger partial charge in [-0.3, -0.25) is 0 Å². The smallest absolute Gasteiger partial charge is 0.103 e. The van der Waals surface area contributed by atoms with Gasteiger partial charge in [0.05, 0.1) is 11.4 Å². The van der Waals surface area contributed by atoms with Crippen LogP contribution in [0.3, 0.4) is 0 Å². The fourth-order valence-corrected chi connectivity index (χ4v) is 4.11. The monoisotopic (exact) mass is 340 g/mol. The SMILES string of the molecule is CCCNCc1sc(CSc2ccc(Cl)cc2)nc1CC. The number of aryl methyl sites for hydroxylation is 1. The zero-order chi connectivity index (χ0) is 15.1. The summed E-state index contributed by atoms with van der Waals surface area (Å²) in [6.07, 6.45) is 2.17. The Hall–Kier alpha value is -0.550. The van der Waals surface area contributed by atoms with Crippen LogP contribution in [0.5, 0.6) is 0 Å². The highest BCUT2D eigenvalue weighted by molar-refractivity contribution is 7.98. The van der Waals surface area contributed by atoms with Crippen LogP contribution in [0.15, 0.2) is 29.2 Å². The number of thioether (sulfide) groups is 1. The maximum absolute atomic E-state index is 5.91. The highest BCUT2D eigenvalue weighted by Crippen LogP contribution is 2.28. The third kappa shape index (κ3) is 5.29. The Morgan fingerprint density at radius 1 is 1.24 bits per heavy atom. The number of halogens is 1. The second kappa shape index (κ2) is 8.79. The van der Waals surface area contributed by atoms with Crippen molar-refractivity contribution >= 4 is 34.7 Å². The average Bonchev–Trinajstić information content (AvgIpc) is 2.89. The molecule has 1 aromatic heterocycles. The van der Waals surface area contributed by atoms with Crippen LogP contribution in [0.25, 0.3) is 0 Å². The molecule has 0 spiro atoms. The lowest BCUT2D eigenvalue weighted by Gasteiger charge is -2.01. The molecule has 5 heteroatoms. The van der Waals surface area contributed by atoms with Crippen molar-refractivity contribution in [2.75, 3.05) is 6.54 Å². The minimum absolute atomic E-state index is 0.783.